The molecule has 1 aromatic carbocycles. The monoisotopic (exact) mass is 340 g/mol. The van der Waals surface area contributed by atoms with E-state index in [9.17, 15) is 20.0 Å². The first-order valence-electron chi connectivity index (χ1n) is 7.70. The molecule has 0 bridgehead atoms. The first-order valence-corrected chi connectivity index (χ1v) is 7.70. The van der Waals surface area contributed by atoms with E-state index in [0.717, 1.165) is 44.3 Å². The Bertz CT molecular complexity index is 592. The molecule has 0 radical (unpaired) electrons. The van der Waals surface area contributed by atoms with Crippen molar-refractivity contribution in [3.63, 3.8) is 0 Å². The van der Waals surface area contributed by atoms with E-state index in [2.05, 4.69) is 4.90 Å². The first kappa shape index (κ1) is 17.7. The molecule has 3 rings (SSSR count). The van der Waals surface area contributed by atoms with Crippen LogP contribution in [0.15, 0.2) is 24.3 Å². The van der Waals surface area contributed by atoms with E-state index in [-0.39, 0.29) is 24.0 Å². The molecular formula is C16H21ClN2O4. The van der Waals surface area contributed by atoms with Gasteiger partial charge in [-0.3, -0.25) is 14.9 Å². The Morgan fingerprint density at radius 3 is 2.65 bits per heavy atom. The summed E-state index contributed by atoms with van der Waals surface area (Å²) in [6.45, 7) is 2.31. The molecule has 7 heteroatoms. The Balaban J connectivity index is 0.00000192. The molecule has 0 aromatic heterocycles. The number of nitro benzene ring substituents is 1. The fourth-order valence-electron chi connectivity index (χ4n) is 3.98. The minimum absolute atomic E-state index is 0. The second-order valence-electron chi connectivity index (χ2n) is 6.46. The lowest BCUT2D eigenvalue weighted by Crippen LogP contribution is -2.36. The number of hydrogen-bond donors (Lipinski definition) is 1. The van der Waals surface area contributed by atoms with Crippen LogP contribution in [0.2, 0.25) is 0 Å². The highest BCUT2D eigenvalue weighted by atomic mass is 35.5. The van der Waals surface area contributed by atoms with Gasteiger partial charge >= 0.3 is 5.97 Å². The van der Waals surface area contributed by atoms with Gasteiger partial charge in [-0.1, -0.05) is 18.6 Å². The summed E-state index contributed by atoms with van der Waals surface area (Å²) in [6, 6.07) is 6.60. The van der Waals surface area contributed by atoms with Crippen LogP contribution in [0, 0.1) is 21.4 Å². The van der Waals surface area contributed by atoms with E-state index in [1.165, 1.54) is 12.1 Å². The van der Waals surface area contributed by atoms with Crippen molar-refractivity contribution in [1.29, 1.82) is 0 Å². The summed E-state index contributed by atoms with van der Waals surface area (Å²) in [5.74, 6) is -0.366. The van der Waals surface area contributed by atoms with Crippen LogP contribution in [0.5, 0.6) is 0 Å². The van der Waals surface area contributed by atoms with Gasteiger partial charge in [-0.15, -0.1) is 12.4 Å². The second-order valence-corrected chi connectivity index (χ2v) is 6.46. The molecule has 23 heavy (non-hydrogen) atoms. The molecule has 1 aliphatic carbocycles. The fourth-order valence-corrected chi connectivity index (χ4v) is 3.98. The van der Waals surface area contributed by atoms with Gasteiger partial charge in [0.2, 0.25) is 0 Å². The van der Waals surface area contributed by atoms with Gasteiger partial charge in [0.05, 0.1) is 10.3 Å². The SMILES string of the molecule is Cl.O=C(O)[C@@]12CCC[C@H]1CN(CCc1ccc([N+](=O)[O-])cc1)C2. The minimum Gasteiger partial charge on any atom is -0.481 e. The van der Waals surface area contributed by atoms with Crippen molar-refractivity contribution in [2.45, 2.75) is 25.7 Å². The normalized spacial score (nSPS) is 26.5. The Labute approximate surface area is 141 Å². The molecule has 0 unspecified atom stereocenters. The van der Waals surface area contributed by atoms with Crippen molar-refractivity contribution < 1.29 is 14.8 Å². The van der Waals surface area contributed by atoms with Crippen molar-refractivity contribution in [1.82, 2.24) is 4.90 Å². The first-order chi connectivity index (χ1) is 10.5. The van der Waals surface area contributed by atoms with E-state index in [1.54, 1.807) is 12.1 Å². The zero-order chi connectivity index (χ0) is 15.7. The van der Waals surface area contributed by atoms with Gasteiger partial charge in [0, 0.05) is 31.8 Å². The number of nitro groups is 1. The van der Waals surface area contributed by atoms with Crippen LogP contribution < -0.4 is 0 Å². The zero-order valence-corrected chi connectivity index (χ0v) is 13.6. The predicted octanol–water partition coefficient (Wildman–Crippen LogP) is 2.75. The fraction of sp³-hybridized carbons (Fsp3) is 0.562. The Kier molecular flexibility index (Phi) is 5.26. The molecule has 0 amide bonds. The molecule has 2 atom stereocenters. The van der Waals surface area contributed by atoms with Crippen LogP contribution in [-0.4, -0.2) is 40.5 Å². The van der Waals surface area contributed by atoms with Crippen molar-refractivity contribution in [3.8, 4) is 0 Å². The van der Waals surface area contributed by atoms with Crippen LogP contribution >= 0.6 is 12.4 Å². The zero-order valence-electron chi connectivity index (χ0n) is 12.8. The summed E-state index contributed by atoms with van der Waals surface area (Å²) < 4.78 is 0. The number of likely N-dealkylation sites (tertiary alicyclic amines) is 1. The summed E-state index contributed by atoms with van der Waals surface area (Å²) in [5, 5.41) is 20.2. The number of hydrogen-bond acceptors (Lipinski definition) is 4. The highest BCUT2D eigenvalue weighted by Gasteiger charge is 2.54. The van der Waals surface area contributed by atoms with Crippen molar-refractivity contribution in [2.24, 2.45) is 11.3 Å². The number of halogens is 1. The lowest BCUT2D eigenvalue weighted by Gasteiger charge is -2.23. The van der Waals surface area contributed by atoms with E-state index in [0.29, 0.717) is 6.54 Å². The lowest BCUT2D eigenvalue weighted by molar-refractivity contribution is -0.384. The molecule has 1 saturated heterocycles. The lowest BCUT2D eigenvalue weighted by atomic mass is 9.81. The van der Waals surface area contributed by atoms with Crippen LogP contribution in [0.4, 0.5) is 5.69 Å². The van der Waals surface area contributed by atoms with Crippen molar-refractivity contribution >= 4 is 24.1 Å². The van der Waals surface area contributed by atoms with Crippen LogP contribution in [0.3, 0.4) is 0 Å². The standard InChI is InChI=1S/C16H20N2O4.ClH/c19-15(20)16-8-1-2-13(16)10-17(11-16)9-7-12-3-5-14(6-4-12)18(21)22;/h3-6,13H,1-2,7-11H2,(H,19,20);1H/t13-,16+;/m0./s1. The molecule has 1 heterocycles. The predicted molar refractivity (Wildman–Crippen MR) is 87.9 cm³/mol. The summed E-state index contributed by atoms with van der Waals surface area (Å²) in [4.78, 5) is 24.1. The Morgan fingerprint density at radius 1 is 1.39 bits per heavy atom. The van der Waals surface area contributed by atoms with Gasteiger partial charge in [0.15, 0.2) is 0 Å². The maximum Gasteiger partial charge on any atom is 0.311 e. The summed E-state index contributed by atoms with van der Waals surface area (Å²) in [6.07, 6.45) is 3.62. The number of nitrogens with zero attached hydrogens (tertiary/aromatic N) is 2. The molecular weight excluding hydrogens is 320 g/mol. The van der Waals surface area contributed by atoms with Crippen molar-refractivity contribution in [3.05, 3.63) is 39.9 Å². The summed E-state index contributed by atoms with van der Waals surface area (Å²) in [5.41, 5.74) is 0.617. The third kappa shape index (κ3) is 3.33. The van der Waals surface area contributed by atoms with Gasteiger partial charge in [0.1, 0.15) is 0 Å². The molecule has 0 spiro atoms. The number of benzene rings is 1. The van der Waals surface area contributed by atoms with Gasteiger partial charge in [-0.05, 0) is 30.7 Å². The van der Waals surface area contributed by atoms with Gasteiger partial charge < -0.3 is 10.0 Å². The maximum absolute atomic E-state index is 11.6. The summed E-state index contributed by atoms with van der Waals surface area (Å²) in [7, 11) is 0. The number of carboxylic acids is 1. The van der Waals surface area contributed by atoms with Crippen LogP contribution in [0.1, 0.15) is 24.8 Å². The van der Waals surface area contributed by atoms with Gasteiger partial charge in [-0.2, -0.15) is 0 Å². The van der Waals surface area contributed by atoms with Crippen LogP contribution in [0.25, 0.3) is 0 Å². The average molecular weight is 341 g/mol. The van der Waals surface area contributed by atoms with E-state index in [4.69, 9.17) is 0 Å². The summed E-state index contributed by atoms with van der Waals surface area (Å²) >= 11 is 0. The molecule has 1 saturated carbocycles. The smallest absolute Gasteiger partial charge is 0.311 e. The average Bonchev–Trinajstić information content (AvgIpc) is 3.03. The molecule has 1 aromatic rings. The molecule has 126 valence electrons. The number of rotatable bonds is 5. The quantitative estimate of drug-likeness (QED) is 0.658. The Morgan fingerprint density at radius 2 is 2.09 bits per heavy atom. The second kappa shape index (κ2) is 6.84. The van der Waals surface area contributed by atoms with Crippen molar-refractivity contribution in [2.75, 3.05) is 19.6 Å². The molecule has 6 nitrogen and oxygen atoms in total. The molecule has 1 N–H and O–H groups in total. The number of fused-ring (bicyclic) bond motifs is 1. The largest absolute Gasteiger partial charge is 0.481 e. The third-order valence-corrected chi connectivity index (χ3v) is 5.23. The number of aliphatic carboxylic acids is 1. The number of carboxylic acid groups (broad SMARTS) is 1. The highest BCUT2D eigenvalue weighted by Crippen LogP contribution is 2.48. The minimum atomic E-state index is -0.646. The van der Waals surface area contributed by atoms with Gasteiger partial charge in [-0.25, -0.2) is 0 Å². The van der Waals surface area contributed by atoms with E-state index in [1.807, 2.05) is 0 Å². The Hall–Kier alpha value is -1.66. The van der Waals surface area contributed by atoms with Gasteiger partial charge in [0.25, 0.3) is 5.69 Å². The number of non-ortho nitro benzene ring substituents is 1. The molecule has 2 aliphatic rings. The maximum atomic E-state index is 11.6. The highest BCUT2D eigenvalue weighted by molar-refractivity contribution is 5.85. The number of carbonyl (C=O) groups is 1. The van der Waals surface area contributed by atoms with Crippen LogP contribution in [-0.2, 0) is 11.2 Å². The third-order valence-electron chi connectivity index (χ3n) is 5.23. The topological polar surface area (TPSA) is 83.7 Å². The van der Waals surface area contributed by atoms with E-state index >= 15 is 0 Å². The molecule has 2 fully saturated rings. The van der Waals surface area contributed by atoms with E-state index < -0.39 is 16.3 Å². The molecule has 1 aliphatic heterocycles.